The zero-order valence-corrected chi connectivity index (χ0v) is 16.1. The van der Waals surface area contributed by atoms with Gasteiger partial charge in [0.05, 0.1) is 30.1 Å². The number of amides is 1. The molecule has 3 heterocycles. The van der Waals surface area contributed by atoms with Gasteiger partial charge in [-0.3, -0.25) is 4.79 Å². The molecule has 8 heteroatoms. The van der Waals surface area contributed by atoms with Crippen molar-refractivity contribution in [3.05, 3.63) is 58.6 Å². The van der Waals surface area contributed by atoms with Crippen LogP contribution in [-0.4, -0.2) is 50.3 Å². The maximum absolute atomic E-state index is 13.3. The zero-order valence-electron chi connectivity index (χ0n) is 15.3. The van der Waals surface area contributed by atoms with E-state index in [-0.39, 0.29) is 17.9 Å². The summed E-state index contributed by atoms with van der Waals surface area (Å²) in [5.74, 6) is 0.879. The van der Waals surface area contributed by atoms with E-state index >= 15 is 0 Å². The van der Waals surface area contributed by atoms with Crippen molar-refractivity contribution in [3.8, 4) is 5.69 Å². The van der Waals surface area contributed by atoms with Gasteiger partial charge in [0.25, 0.3) is 5.91 Å². The molecule has 2 aromatic heterocycles. The lowest BCUT2D eigenvalue weighted by Gasteiger charge is -2.35. The minimum atomic E-state index is -0.295. The summed E-state index contributed by atoms with van der Waals surface area (Å²) in [6, 6.07) is 9.50. The van der Waals surface area contributed by atoms with Gasteiger partial charge in [0, 0.05) is 6.54 Å². The topological polar surface area (TPSA) is 73.1 Å². The lowest BCUT2D eigenvalue weighted by Crippen LogP contribution is -2.44. The minimum absolute atomic E-state index is 0.0166. The van der Waals surface area contributed by atoms with E-state index in [1.54, 1.807) is 10.2 Å². The molecule has 0 bridgehead atoms. The second-order valence-electron chi connectivity index (χ2n) is 6.68. The first kappa shape index (κ1) is 17.8. The van der Waals surface area contributed by atoms with Crippen LogP contribution in [-0.2, 0) is 4.74 Å². The molecule has 0 radical (unpaired) electrons. The molecule has 0 saturated carbocycles. The Balaban J connectivity index is 1.69. The maximum atomic E-state index is 13.3. The number of ether oxygens (including phenoxy) is 1. The van der Waals surface area contributed by atoms with Crippen LogP contribution in [0, 0.1) is 0 Å². The van der Waals surface area contributed by atoms with Crippen LogP contribution >= 0.6 is 11.3 Å². The first-order chi connectivity index (χ1) is 13.2. The van der Waals surface area contributed by atoms with E-state index in [1.165, 1.54) is 17.7 Å². The summed E-state index contributed by atoms with van der Waals surface area (Å²) < 4.78 is 7.46. The molecule has 1 aliphatic rings. The molecule has 1 aromatic carbocycles. The Morgan fingerprint density at radius 2 is 2.07 bits per heavy atom. The minimum Gasteiger partial charge on any atom is -0.377 e. The van der Waals surface area contributed by atoms with Crippen LogP contribution < -0.4 is 0 Å². The molecule has 0 aliphatic carbocycles. The molecule has 1 aliphatic heterocycles. The van der Waals surface area contributed by atoms with Gasteiger partial charge < -0.3 is 9.64 Å². The smallest absolute Gasteiger partial charge is 0.266 e. The molecular formula is C19H21N5O2S. The summed E-state index contributed by atoms with van der Waals surface area (Å²) in [6.45, 7) is 5.52. The van der Waals surface area contributed by atoms with E-state index < -0.39 is 0 Å². The second kappa shape index (κ2) is 7.58. The van der Waals surface area contributed by atoms with E-state index in [0.717, 1.165) is 11.4 Å². The Kier molecular flexibility index (Phi) is 5.00. The number of rotatable bonds is 4. The summed E-state index contributed by atoms with van der Waals surface area (Å²) in [5.41, 5.74) is 3.49. The van der Waals surface area contributed by atoms with Gasteiger partial charge in [-0.2, -0.15) is 5.10 Å². The normalized spacial score (nSPS) is 17.4. The Morgan fingerprint density at radius 3 is 2.85 bits per heavy atom. The number of carbonyl (C=O) groups is 1. The molecule has 140 valence electrons. The van der Waals surface area contributed by atoms with Crippen molar-refractivity contribution in [1.29, 1.82) is 0 Å². The largest absolute Gasteiger partial charge is 0.377 e. The average molecular weight is 383 g/mol. The fourth-order valence-corrected chi connectivity index (χ4v) is 4.16. The molecule has 0 spiro atoms. The number of morpholine rings is 1. The number of thiazole rings is 1. The maximum Gasteiger partial charge on any atom is 0.266 e. The predicted octanol–water partition coefficient (Wildman–Crippen LogP) is 3.06. The van der Waals surface area contributed by atoms with Crippen LogP contribution in [0.5, 0.6) is 0 Å². The number of aromatic nitrogens is 4. The van der Waals surface area contributed by atoms with Gasteiger partial charge in [-0.15, -0.1) is 11.3 Å². The van der Waals surface area contributed by atoms with Gasteiger partial charge in [0.1, 0.15) is 17.2 Å². The van der Waals surface area contributed by atoms with Crippen LogP contribution in [0.2, 0.25) is 0 Å². The highest BCUT2D eigenvalue weighted by Crippen LogP contribution is 2.29. The number of para-hydroxylation sites is 1. The van der Waals surface area contributed by atoms with E-state index in [9.17, 15) is 4.79 Å². The van der Waals surface area contributed by atoms with E-state index in [2.05, 4.69) is 28.9 Å². The number of hydrogen-bond acceptors (Lipinski definition) is 6. The number of hydrogen-bond donors (Lipinski definition) is 0. The Morgan fingerprint density at radius 1 is 1.26 bits per heavy atom. The van der Waals surface area contributed by atoms with Gasteiger partial charge in [0.2, 0.25) is 0 Å². The van der Waals surface area contributed by atoms with Crippen molar-refractivity contribution >= 4 is 17.2 Å². The highest BCUT2D eigenvalue weighted by atomic mass is 32.1. The van der Waals surface area contributed by atoms with Crippen molar-refractivity contribution in [3.63, 3.8) is 0 Å². The predicted molar refractivity (Wildman–Crippen MR) is 102 cm³/mol. The van der Waals surface area contributed by atoms with Gasteiger partial charge in [-0.05, 0) is 18.1 Å². The van der Waals surface area contributed by atoms with E-state index in [1.807, 2.05) is 35.2 Å². The monoisotopic (exact) mass is 383 g/mol. The summed E-state index contributed by atoms with van der Waals surface area (Å²) >= 11 is 1.39. The van der Waals surface area contributed by atoms with Gasteiger partial charge in [-0.1, -0.05) is 32.0 Å². The Hall–Kier alpha value is -2.58. The molecule has 1 unspecified atom stereocenters. The first-order valence-corrected chi connectivity index (χ1v) is 9.82. The SMILES string of the molecule is CC(C)c1ncsc1C(=O)N1CCOCC1c1ncnn1-c1ccccc1. The zero-order chi connectivity index (χ0) is 18.8. The Bertz CT molecular complexity index is 921. The highest BCUT2D eigenvalue weighted by molar-refractivity contribution is 7.11. The summed E-state index contributed by atoms with van der Waals surface area (Å²) in [7, 11) is 0. The van der Waals surface area contributed by atoms with Gasteiger partial charge in [-0.25, -0.2) is 14.6 Å². The van der Waals surface area contributed by atoms with Crippen molar-refractivity contribution < 1.29 is 9.53 Å². The fourth-order valence-electron chi connectivity index (χ4n) is 3.26. The molecule has 1 atom stereocenters. The van der Waals surface area contributed by atoms with E-state index in [0.29, 0.717) is 30.5 Å². The van der Waals surface area contributed by atoms with Gasteiger partial charge >= 0.3 is 0 Å². The van der Waals surface area contributed by atoms with Gasteiger partial charge in [0.15, 0.2) is 5.82 Å². The lowest BCUT2D eigenvalue weighted by atomic mass is 10.1. The third kappa shape index (κ3) is 3.38. The number of carbonyl (C=O) groups excluding carboxylic acids is 1. The average Bonchev–Trinajstić information content (AvgIpc) is 3.38. The molecule has 1 fully saturated rings. The summed E-state index contributed by atoms with van der Waals surface area (Å²) in [5, 5.41) is 4.37. The highest BCUT2D eigenvalue weighted by Gasteiger charge is 2.34. The molecule has 0 N–H and O–H groups in total. The van der Waals surface area contributed by atoms with Crippen molar-refractivity contribution in [2.45, 2.75) is 25.8 Å². The third-order valence-electron chi connectivity index (χ3n) is 4.60. The molecule has 7 nitrogen and oxygen atoms in total. The molecule has 3 aromatic rings. The molecule has 27 heavy (non-hydrogen) atoms. The van der Waals surface area contributed by atoms with Crippen LogP contribution in [0.25, 0.3) is 5.69 Å². The number of benzene rings is 1. The third-order valence-corrected chi connectivity index (χ3v) is 5.43. The van der Waals surface area contributed by atoms with Crippen molar-refractivity contribution in [2.75, 3.05) is 19.8 Å². The summed E-state index contributed by atoms with van der Waals surface area (Å²) in [6.07, 6.45) is 1.52. The van der Waals surface area contributed by atoms with Crippen molar-refractivity contribution in [2.24, 2.45) is 0 Å². The molecule has 1 amide bonds. The van der Waals surface area contributed by atoms with Crippen LogP contribution in [0.4, 0.5) is 0 Å². The Labute approximate surface area is 161 Å². The second-order valence-corrected chi connectivity index (χ2v) is 7.53. The summed E-state index contributed by atoms with van der Waals surface area (Å²) in [4.78, 5) is 24.7. The van der Waals surface area contributed by atoms with Crippen LogP contribution in [0.15, 0.2) is 42.2 Å². The van der Waals surface area contributed by atoms with Crippen LogP contribution in [0.1, 0.15) is 47.0 Å². The molecular weight excluding hydrogens is 362 g/mol. The molecule has 4 rings (SSSR count). The quantitative estimate of drug-likeness (QED) is 0.692. The van der Waals surface area contributed by atoms with Crippen LogP contribution in [0.3, 0.4) is 0 Å². The van der Waals surface area contributed by atoms with Crippen molar-refractivity contribution in [1.82, 2.24) is 24.6 Å². The van der Waals surface area contributed by atoms with E-state index in [4.69, 9.17) is 4.74 Å². The standard InChI is InChI=1S/C19H21N5O2S/c1-13(2)16-17(27-12-21-16)19(25)23-8-9-26-10-15(23)18-20-11-22-24(18)14-6-4-3-5-7-14/h3-7,11-13,15H,8-10H2,1-2H3. The fraction of sp³-hybridized carbons (Fsp3) is 0.368. The lowest BCUT2D eigenvalue weighted by molar-refractivity contribution is -0.00561. The molecule has 1 saturated heterocycles. The first-order valence-electron chi connectivity index (χ1n) is 8.94. The number of nitrogens with zero attached hydrogens (tertiary/aromatic N) is 5.